The Kier molecular flexibility index (Phi) is 5.17. The summed E-state index contributed by atoms with van der Waals surface area (Å²) in [6.07, 6.45) is 0. The second-order valence-corrected chi connectivity index (χ2v) is 6.18. The molecule has 0 fully saturated rings. The summed E-state index contributed by atoms with van der Waals surface area (Å²) in [5.41, 5.74) is 1.43. The smallest absolute Gasteiger partial charge is 0.287 e. The van der Waals surface area contributed by atoms with E-state index >= 15 is 0 Å². The third-order valence-electron chi connectivity index (χ3n) is 3.50. The van der Waals surface area contributed by atoms with Gasteiger partial charge in [0.05, 0.1) is 6.61 Å². The number of hydrogen-bond donors (Lipinski definition) is 2. The van der Waals surface area contributed by atoms with Crippen LogP contribution in [0.1, 0.15) is 16.1 Å². The number of rotatable bonds is 6. The first-order valence-corrected chi connectivity index (χ1v) is 8.45. The summed E-state index contributed by atoms with van der Waals surface area (Å²) in [5, 5.41) is 12.4. The molecular formula is C18H16FNO3S. The number of para-hydroxylation sites is 1. The lowest BCUT2D eigenvalue weighted by Crippen LogP contribution is -2.26. The second kappa shape index (κ2) is 7.51. The van der Waals surface area contributed by atoms with Gasteiger partial charge in [0.2, 0.25) is 0 Å². The van der Waals surface area contributed by atoms with Gasteiger partial charge in [-0.1, -0.05) is 18.2 Å². The van der Waals surface area contributed by atoms with Gasteiger partial charge < -0.3 is 14.8 Å². The monoisotopic (exact) mass is 345 g/mol. The lowest BCUT2D eigenvalue weighted by Gasteiger charge is -2.05. The van der Waals surface area contributed by atoms with E-state index in [1.165, 1.54) is 23.9 Å². The fourth-order valence-electron chi connectivity index (χ4n) is 2.36. The van der Waals surface area contributed by atoms with Gasteiger partial charge in [0, 0.05) is 28.1 Å². The van der Waals surface area contributed by atoms with Crippen molar-refractivity contribution in [1.29, 1.82) is 0 Å². The molecule has 6 heteroatoms. The van der Waals surface area contributed by atoms with E-state index in [0.717, 1.165) is 15.8 Å². The summed E-state index contributed by atoms with van der Waals surface area (Å²) in [6.45, 7) is 0.0338. The normalized spacial score (nSPS) is 10.9. The summed E-state index contributed by atoms with van der Waals surface area (Å²) in [6, 6.07) is 13.7. The van der Waals surface area contributed by atoms with Crippen LogP contribution in [0.3, 0.4) is 0 Å². The minimum absolute atomic E-state index is 0.133. The topological polar surface area (TPSA) is 62.5 Å². The summed E-state index contributed by atoms with van der Waals surface area (Å²) in [7, 11) is 0. The number of carbonyl (C=O) groups is 1. The molecule has 124 valence electrons. The summed E-state index contributed by atoms with van der Waals surface area (Å²) >= 11 is 1.50. The summed E-state index contributed by atoms with van der Waals surface area (Å²) < 4.78 is 18.7. The van der Waals surface area contributed by atoms with Crippen LogP contribution in [0.5, 0.6) is 0 Å². The molecule has 0 aliphatic rings. The van der Waals surface area contributed by atoms with Crippen LogP contribution in [0.15, 0.2) is 57.8 Å². The van der Waals surface area contributed by atoms with Gasteiger partial charge in [0.1, 0.15) is 11.4 Å². The van der Waals surface area contributed by atoms with Crippen molar-refractivity contribution in [3.8, 4) is 0 Å². The highest BCUT2D eigenvalue weighted by atomic mass is 32.2. The number of fused-ring (bicyclic) bond motifs is 1. The summed E-state index contributed by atoms with van der Waals surface area (Å²) in [5.74, 6) is 0.135. The van der Waals surface area contributed by atoms with E-state index in [1.54, 1.807) is 12.1 Å². The average molecular weight is 345 g/mol. The highest BCUT2D eigenvalue weighted by Crippen LogP contribution is 2.32. The molecule has 0 unspecified atom stereocenters. The van der Waals surface area contributed by atoms with Crippen molar-refractivity contribution >= 4 is 28.6 Å². The maximum Gasteiger partial charge on any atom is 0.287 e. The van der Waals surface area contributed by atoms with Crippen LogP contribution in [0.25, 0.3) is 11.0 Å². The molecule has 3 rings (SSSR count). The Balaban J connectivity index is 1.89. The fraction of sp³-hybridized carbons (Fsp3) is 0.167. The van der Waals surface area contributed by atoms with Crippen molar-refractivity contribution in [3.63, 3.8) is 0 Å². The van der Waals surface area contributed by atoms with Gasteiger partial charge in [-0.15, -0.1) is 11.8 Å². The first-order chi connectivity index (χ1) is 11.7. The maximum absolute atomic E-state index is 13.0. The Morgan fingerprint density at radius 1 is 1.17 bits per heavy atom. The predicted octanol–water partition coefficient (Wildman–Crippen LogP) is 3.59. The highest BCUT2D eigenvalue weighted by Gasteiger charge is 2.20. The minimum Gasteiger partial charge on any atom is -0.451 e. The number of nitrogens with one attached hydrogen (secondary N) is 1. The standard InChI is InChI=1S/C18H16FNO3S/c19-12-5-7-13(8-6-12)24-11-15-14-3-1-2-4-16(14)23-17(15)18(22)20-9-10-21/h1-8,21H,9-11H2,(H,20,22). The molecular weight excluding hydrogens is 329 g/mol. The number of halogens is 1. The Morgan fingerprint density at radius 2 is 1.92 bits per heavy atom. The molecule has 1 heterocycles. The van der Waals surface area contributed by atoms with Crippen molar-refractivity contribution in [2.45, 2.75) is 10.6 Å². The number of furan rings is 1. The lowest BCUT2D eigenvalue weighted by molar-refractivity contribution is 0.0918. The number of aliphatic hydroxyl groups excluding tert-OH is 1. The molecule has 2 N–H and O–H groups in total. The van der Waals surface area contributed by atoms with Crippen LogP contribution in [0, 0.1) is 5.82 Å². The molecule has 0 atom stereocenters. The van der Waals surface area contributed by atoms with E-state index in [0.29, 0.717) is 11.3 Å². The molecule has 3 aromatic rings. The van der Waals surface area contributed by atoms with Gasteiger partial charge in [-0.3, -0.25) is 4.79 Å². The number of thioether (sulfide) groups is 1. The lowest BCUT2D eigenvalue weighted by atomic mass is 10.1. The predicted molar refractivity (Wildman–Crippen MR) is 91.6 cm³/mol. The minimum atomic E-state index is -0.352. The van der Waals surface area contributed by atoms with Crippen LogP contribution in [-0.4, -0.2) is 24.2 Å². The van der Waals surface area contributed by atoms with Gasteiger partial charge in [0.25, 0.3) is 5.91 Å². The van der Waals surface area contributed by atoms with Crippen molar-refractivity contribution < 1.29 is 18.7 Å². The Hall–Kier alpha value is -2.31. The van der Waals surface area contributed by atoms with Gasteiger partial charge in [-0.25, -0.2) is 4.39 Å². The van der Waals surface area contributed by atoms with Gasteiger partial charge in [-0.05, 0) is 30.3 Å². The molecule has 0 radical (unpaired) electrons. The summed E-state index contributed by atoms with van der Waals surface area (Å²) in [4.78, 5) is 13.2. The van der Waals surface area contributed by atoms with Crippen LogP contribution in [-0.2, 0) is 5.75 Å². The third kappa shape index (κ3) is 3.60. The average Bonchev–Trinajstić information content (AvgIpc) is 2.98. The first kappa shape index (κ1) is 16.5. The molecule has 1 amide bonds. The SMILES string of the molecule is O=C(NCCO)c1oc2ccccc2c1CSc1ccc(F)cc1. The van der Waals surface area contributed by atoms with Crippen LogP contribution < -0.4 is 5.32 Å². The van der Waals surface area contributed by atoms with Crippen LogP contribution in [0.4, 0.5) is 4.39 Å². The molecule has 4 nitrogen and oxygen atoms in total. The first-order valence-electron chi connectivity index (χ1n) is 7.47. The number of carbonyl (C=O) groups excluding carboxylic acids is 1. The number of hydrogen-bond acceptors (Lipinski definition) is 4. The molecule has 0 aliphatic heterocycles. The zero-order valence-electron chi connectivity index (χ0n) is 12.8. The number of benzene rings is 2. The Labute approximate surface area is 142 Å². The Bertz CT molecular complexity index is 845. The van der Waals surface area contributed by atoms with Gasteiger partial charge in [-0.2, -0.15) is 0 Å². The van der Waals surface area contributed by atoms with Crippen molar-refractivity contribution in [2.75, 3.05) is 13.2 Å². The third-order valence-corrected chi connectivity index (χ3v) is 4.54. The molecule has 1 aromatic heterocycles. The maximum atomic E-state index is 13.0. The van der Waals surface area contributed by atoms with E-state index in [-0.39, 0.29) is 30.6 Å². The van der Waals surface area contributed by atoms with E-state index in [9.17, 15) is 9.18 Å². The molecule has 0 saturated heterocycles. The van der Waals surface area contributed by atoms with E-state index in [4.69, 9.17) is 9.52 Å². The van der Waals surface area contributed by atoms with Crippen molar-refractivity contribution in [3.05, 3.63) is 65.7 Å². The van der Waals surface area contributed by atoms with Crippen molar-refractivity contribution in [1.82, 2.24) is 5.32 Å². The van der Waals surface area contributed by atoms with E-state index in [2.05, 4.69) is 5.32 Å². The highest BCUT2D eigenvalue weighted by molar-refractivity contribution is 7.98. The molecule has 24 heavy (non-hydrogen) atoms. The Morgan fingerprint density at radius 3 is 2.67 bits per heavy atom. The zero-order chi connectivity index (χ0) is 16.9. The van der Waals surface area contributed by atoms with Gasteiger partial charge in [0.15, 0.2) is 5.76 Å². The van der Waals surface area contributed by atoms with E-state index < -0.39 is 0 Å². The number of amides is 1. The molecule has 0 aliphatic carbocycles. The second-order valence-electron chi connectivity index (χ2n) is 5.13. The molecule has 0 saturated carbocycles. The van der Waals surface area contributed by atoms with Crippen molar-refractivity contribution in [2.24, 2.45) is 0 Å². The van der Waals surface area contributed by atoms with Crippen LogP contribution >= 0.6 is 11.8 Å². The fourth-order valence-corrected chi connectivity index (χ4v) is 3.29. The quantitative estimate of drug-likeness (QED) is 0.670. The molecule has 0 spiro atoms. The molecule has 2 aromatic carbocycles. The number of aliphatic hydroxyl groups is 1. The largest absolute Gasteiger partial charge is 0.451 e. The van der Waals surface area contributed by atoms with Gasteiger partial charge >= 0.3 is 0 Å². The van der Waals surface area contributed by atoms with E-state index in [1.807, 2.05) is 24.3 Å². The zero-order valence-corrected chi connectivity index (χ0v) is 13.6. The van der Waals surface area contributed by atoms with Crippen LogP contribution in [0.2, 0.25) is 0 Å². The molecule has 0 bridgehead atoms.